The molecule has 0 saturated carbocycles. The first-order chi connectivity index (χ1) is 11.2. The fraction of sp³-hybridized carbons (Fsp3) is 0.412. The second-order valence-electron chi connectivity index (χ2n) is 5.49. The van der Waals surface area contributed by atoms with Crippen LogP contribution in [0.25, 0.3) is 0 Å². The van der Waals surface area contributed by atoms with Crippen LogP contribution in [0.3, 0.4) is 0 Å². The van der Waals surface area contributed by atoms with E-state index in [1.54, 1.807) is 6.20 Å². The summed E-state index contributed by atoms with van der Waals surface area (Å²) in [5, 5.41) is 12.0. The Kier molecular flexibility index (Phi) is 6.60. The van der Waals surface area contributed by atoms with Gasteiger partial charge < -0.3 is 16.0 Å². The van der Waals surface area contributed by atoms with Crippen molar-refractivity contribution in [3.8, 4) is 6.07 Å². The molecule has 0 radical (unpaired) electrons. The molecule has 0 aliphatic carbocycles. The molecule has 1 aliphatic rings. The molecule has 6 heteroatoms. The van der Waals surface area contributed by atoms with Crippen LogP contribution in [0.2, 0.25) is 0 Å². The molecular weight excluding hydrogens is 290 g/mol. The van der Waals surface area contributed by atoms with Crippen LogP contribution in [-0.2, 0) is 11.3 Å². The second-order valence-corrected chi connectivity index (χ2v) is 5.49. The molecule has 0 atom stereocenters. The number of hydrogen-bond donors (Lipinski definition) is 2. The number of nitrogens with one attached hydrogen (secondary N) is 1. The van der Waals surface area contributed by atoms with E-state index in [1.807, 2.05) is 41.3 Å². The van der Waals surface area contributed by atoms with Crippen LogP contribution in [0.1, 0.15) is 5.56 Å². The summed E-state index contributed by atoms with van der Waals surface area (Å²) in [7, 11) is 0. The largest absolute Gasteiger partial charge is 0.374 e. The molecule has 122 valence electrons. The van der Waals surface area contributed by atoms with Gasteiger partial charge in [-0.2, -0.15) is 5.26 Å². The Morgan fingerprint density at radius 3 is 2.57 bits per heavy atom. The van der Waals surface area contributed by atoms with Gasteiger partial charge in [-0.05, 0) is 5.56 Å². The first kappa shape index (κ1) is 17.0. The summed E-state index contributed by atoms with van der Waals surface area (Å²) in [6.45, 7) is 5.37. The van der Waals surface area contributed by atoms with Crippen molar-refractivity contribution < 1.29 is 4.79 Å². The van der Waals surface area contributed by atoms with E-state index in [0.29, 0.717) is 13.1 Å². The van der Waals surface area contributed by atoms with Crippen molar-refractivity contribution in [2.24, 2.45) is 5.73 Å². The molecule has 1 aliphatic heterocycles. The van der Waals surface area contributed by atoms with Crippen molar-refractivity contribution in [1.29, 1.82) is 5.26 Å². The number of hydrogen-bond acceptors (Lipinski definition) is 5. The van der Waals surface area contributed by atoms with Gasteiger partial charge in [-0.1, -0.05) is 30.3 Å². The standard InChI is InChI=1S/C17H23N5O/c18-6-7-21-8-10-22(11-9-21)14-16(12-19)17(23)20-13-15-4-2-1-3-5-15/h1-5,14H,6-11,13,18H2,(H,20,23)/b16-14-. The van der Waals surface area contributed by atoms with Crippen LogP contribution >= 0.6 is 0 Å². The molecule has 1 amide bonds. The number of carbonyl (C=O) groups excluding carboxylic acids is 1. The van der Waals surface area contributed by atoms with Crippen molar-refractivity contribution >= 4 is 5.91 Å². The number of piperazine rings is 1. The highest BCUT2D eigenvalue weighted by atomic mass is 16.1. The Bertz CT molecular complexity index is 570. The van der Waals surface area contributed by atoms with Gasteiger partial charge in [0, 0.05) is 52.0 Å². The lowest BCUT2D eigenvalue weighted by molar-refractivity contribution is -0.117. The lowest BCUT2D eigenvalue weighted by Gasteiger charge is -2.33. The average Bonchev–Trinajstić information content (AvgIpc) is 2.60. The molecular formula is C17H23N5O. The minimum atomic E-state index is -0.333. The van der Waals surface area contributed by atoms with E-state index in [9.17, 15) is 10.1 Å². The zero-order chi connectivity index (χ0) is 16.5. The fourth-order valence-corrected chi connectivity index (χ4v) is 2.49. The van der Waals surface area contributed by atoms with Gasteiger partial charge in [0.2, 0.25) is 0 Å². The van der Waals surface area contributed by atoms with E-state index in [-0.39, 0.29) is 11.5 Å². The number of nitrogens with two attached hydrogens (primary N) is 1. The van der Waals surface area contributed by atoms with Crippen molar-refractivity contribution in [1.82, 2.24) is 15.1 Å². The summed E-state index contributed by atoms with van der Waals surface area (Å²) in [6.07, 6.45) is 1.67. The SMILES string of the molecule is N#C/C(=C/N1CCN(CCN)CC1)C(=O)NCc1ccccc1. The Balaban J connectivity index is 1.86. The van der Waals surface area contributed by atoms with Gasteiger partial charge in [0.05, 0.1) is 0 Å². The molecule has 1 fully saturated rings. The van der Waals surface area contributed by atoms with Gasteiger partial charge in [-0.15, -0.1) is 0 Å². The summed E-state index contributed by atoms with van der Waals surface area (Å²) >= 11 is 0. The maximum Gasteiger partial charge on any atom is 0.263 e. The number of amides is 1. The highest BCUT2D eigenvalue weighted by Crippen LogP contribution is 2.05. The smallest absolute Gasteiger partial charge is 0.263 e. The summed E-state index contributed by atoms with van der Waals surface area (Å²) in [4.78, 5) is 16.4. The predicted octanol–water partition coefficient (Wildman–Crippen LogP) is 0.287. The van der Waals surface area contributed by atoms with E-state index in [4.69, 9.17) is 5.73 Å². The predicted molar refractivity (Wildman–Crippen MR) is 89.1 cm³/mol. The zero-order valence-corrected chi connectivity index (χ0v) is 13.2. The Hall–Kier alpha value is -2.36. The number of nitriles is 1. The van der Waals surface area contributed by atoms with E-state index in [1.165, 1.54) is 0 Å². The van der Waals surface area contributed by atoms with E-state index >= 15 is 0 Å². The number of carbonyl (C=O) groups is 1. The molecule has 3 N–H and O–H groups in total. The molecule has 2 rings (SSSR count). The maximum atomic E-state index is 12.1. The Morgan fingerprint density at radius 1 is 1.26 bits per heavy atom. The zero-order valence-electron chi connectivity index (χ0n) is 13.2. The van der Waals surface area contributed by atoms with Crippen LogP contribution < -0.4 is 11.1 Å². The lowest BCUT2D eigenvalue weighted by Crippen LogP contribution is -2.46. The Labute approximate surface area is 137 Å². The minimum absolute atomic E-state index is 0.146. The normalized spacial score (nSPS) is 16.0. The van der Waals surface area contributed by atoms with Crippen molar-refractivity contribution in [2.75, 3.05) is 39.3 Å². The van der Waals surface area contributed by atoms with Crippen molar-refractivity contribution in [3.63, 3.8) is 0 Å². The molecule has 0 unspecified atom stereocenters. The molecule has 1 aromatic carbocycles. The van der Waals surface area contributed by atoms with Crippen molar-refractivity contribution in [2.45, 2.75) is 6.54 Å². The number of rotatable bonds is 6. The molecule has 1 heterocycles. The molecule has 0 spiro atoms. The minimum Gasteiger partial charge on any atom is -0.374 e. The molecule has 1 saturated heterocycles. The van der Waals surface area contributed by atoms with Gasteiger partial charge in [-0.3, -0.25) is 9.69 Å². The fourth-order valence-electron chi connectivity index (χ4n) is 2.49. The van der Waals surface area contributed by atoms with Gasteiger partial charge in [-0.25, -0.2) is 0 Å². The summed E-state index contributed by atoms with van der Waals surface area (Å²) in [5.41, 5.74) is 6.71. The molecule has 1 aromatic rings. The monoisotopic (exact) mass is 313 g/mol. The topological polar surface area (TPSA) is 85.4 Å². The van der Waals surface area contributed by atoms with Gasteiger partial charge in [0.15, 0.2) is 0 Å². The molecule has 23 heavy (non-hydrogen) atoms. The average molecular weight is 313 g/mol. The first-order valence-electron chi connectivity index (χ1n) is 7.83. The second kappa shape index (κ2) is 8.93. The third-order valence-electron chi connectivity index (χ3n) is 3.82. The highest BCUT2D eigenvalue weighted by Gasteiger charge is 2.16. The summed E-state index contributed by atoms with van der Waals surface area (Å²) in [5.74, 6) is -0.333. The highest BCUT2D eigenvalue weighted by molar-refractivity contribution is 5.97. The molecule has 6 nitrogen and oxygen atoms in total. The van der Waals surface area contributed by atoms with Gasteiger partial charge in [0.25, 0.3) is 5.91 Å². The Morgan fingerprint density at radius 2 is 1.96 bits per heavy atom. The van der Waals surface area contributed by atoms with Crippen molar-refractivity contribution in [3.05, 3.63) is 47.7 Å². The number of benzene rings is 1. The first-order valence-corrected chi connectivity index (χ1v) is 7.83. The van der Waals surface area contributed by atoms with Crippen LogP contribution in [-0.4, -0.2) is 55.0 Å². The van der Waals surface area contributed by atoms with Gasteiger partial charge >= 0.3 is 0 Å². The van der Waals surface area contributed by atoms with Crippen LogP contribution in [0.4, 0.5) is 0 Å². The lowest BCUT2D eigenvalue weighted by atomic mass is 10.2. The van der Waals surface area contributed by atoms with Crippen LogP contribution in [0.15, 0.2) is 42.1 Å². The van der Waals surface area contributed by atoms with Gasteiger partial charge in [0.1, 0.15) is 11.6 Å². The maximum absolute atomic E-state index is 12.1. The van der Waals surface area contributed by atoms with E-state index in [2.05, 4.69) is 10.2 Å². The third-order valence-corrected chi connectivity index (χ3v) is 3.82. The van der Waals surface area contributed by atoms with E-state index in [0.717, 1.165) is 38.3 Å². The summed E-state index contributed by atoms with van der Waals surface area (Å²) < 4.78 is 0. The van der Waals surface area contributed by atoms with E-state index < -0.39 is 0 Å². The van der Waals surface area contributed by atoms with Crippen LogP contribution in [0, 0.1) is 11.3 Å². The quantitative estimate of drug-likeness (QED) is 0.582. The number of nitrogens with zero attached hydrogens (tertiary/aromatic N) is 3. The molecule has 0 bridgehead atoms. The summed E-state index contributed by atoms with van der Waals surface area (Å²) in [6, 6.07) is 11.6. The third kappa shape index (κ3) is 5.40. The molecule has 0 aromatic heterocycles. The van der Waals surface area contributed by atoms with Crippen LogP contribution in [0.5, 0.6) is 0 Å².